The number of carbonyl (C=O) groups is 4. The third-order valence-electron chi connectivity index (χ3n) is 9.83. The first kappa shape index (κ1) is 37.3. The highest BCUT2D eigenvalue weighted by Gasteiger charge is 2.43. The summed E-state index contributed by atoms with van der Waals surface area (Å²) < 4.78 is 0. The molecule has 5 N–H and O–H groups in total. The number of hydrogen-bond donors (Lipinski definition) is 4. The van der Waals surface area contributed by atoms with Crippen LogP contribution in [0.5, 0.6) is 0 Å². The summed E-state index contributed by atoms with van der Waals surface area (Å²) in [6.07, 6.45) is 3.83. The van der Waals surface area contributed by atoms with E-state index in [9.17, 15) is 24.1 Å². The normalized spacial score (nSPS) is 21.0. The van der Waals surface area contributed by atoms with Crippen LogP contribution in [0.15, 0.2) is 72.1 Å². The number of fused-ring (bicyclic) bond motifs is 2. The summed E-state index contributed by atoms with van der Waals surface area (Å²) in [5.74, 6) is -1.44. The molecule has 0 radical (unpaired) electrons. The Morgan fingerprint density at radius 3 is 2.37 bits per heavy atom. The Bertz CT molecular complexity index is 1700. The third-order valence-corrected chi connectivity index (χ3v) is 9.83. The van der Waals surface area contributed by atoms with Crippen molar-refractivity contribution in [3.8, 4) is 0 Å². The number of rotatable bonds is 14. The van der Waals surface area contributed by atoms with Gasteiger partial charge >= 0.3 is 0 Å². The van der Waals surface area contributed by atoms with E-state index in [-0.39, 0.29) is 24.6 Å². The molecule has 13 nitrogen and oxygen atoms in total. The molecule has 272 valence electrons. The fourth-order valence-corrected chi connectivity index (χ4v) is 7.41. The first-order chi connectivity index (χ1) is 24.4. The van der Waals surface area contributed by atoms with Gasteiger partial charge in [0.15, 0.2) is 11.4 Å². The highest BCUT2D eigenvalue weighted by atomic mass is 16.7. The molecule has 1 saturated heterocycles. The number of amides is 4. The number of primary amides is 1. The van der Waals surface area contributed by atoms with Gasteiger partial charge in [0.1, 0.15) is 11.7 Å². The number of nitrogens with zero attached hydrogens (tertiary/aromatic N) is 3. The van der Waals surface area contributed by atoms with E-state index in [1.807, 2.05) is 63.2 Å². The van der Waals surface area contributed by atoms with E-state index in [0.29, 0.717) is 30.3 Å². The van der Waals surface area contributed by atoms with Crippen LogP contribution in [-0.4, -0.2) is 76.4 Å². The molecular formula is C38H49N7O6. The van der Waals surface area contributed by atoms with Gasteiger partial charge in [0.05, 0.1) is 24.0 Å². The van der Waals surface area contributed by atoms with E-state index >= 15 is 0 Å². The summed E-state index contributed by atoms with van der Waals surface area (Å²) in [7, 11) is 0. The molecule has 2 fully saturated rings. The van der Waals surface area contributed by atoms with E-state index in [0.717, 1.165) is 36.6 Å². The fraction of sp³-hybridized carbons (Fsp3) is 0.500. The van der Waals surface area contributed by atoms with Gasteiger partial charge in [-0.25, -0.2) is 4.98 Å². The largest absolute Gasteiger partial charge is 0.370 e. The second-order valence-corrected chi connectivity index (χ2v) is 14.9. The Morgan fingerprint density at radius 1 is 0.961 bits per heavy atom. The van der Waals surface area contributed by atoms with Crippen LogP contribution in [0.25, 0.3) is 10.9 Å². The Labute approximate surface area is 298 Å². The summed E-state index contributed by atoms with van der Waals surface area (Å²) in [6.45, 7) is 6.57. The van der Waals surface area contributed by atoms with Crippen molar-refractivity contribution in [1.29, 1.82) is 0 Å². The predicted octanol–water partition coefficient (Wildman–Crippen LogP) is 3.80. The molecule has 1 aliphatic heterocycles. The van der Waals surface area contributed by atoms with Crippen LogP contribution in [0.1, 0.15) is 75.3 Å². The van der Waals surface area contributed by atoms with Gasteiger partial charge in [-0.05, 0) is 69.6 Å². The van der Waals surface area contributed by atoms with Crippen molar-refractivity contribution in [2.75, 3.05) is 13.1 Å². The molecule has 3 aromatic rings. The molecule has 2 heterocycles. The fourth-order valence-electron chi connectivity index (χ4n) is 7.41. The topological polar surface area (TPSA) is 185 Å². The summed E-state index contributed by atoms with van der Waals surface area (Å²) in [6, 6.07) is 17.3. The van der Waals surface area contributed by atoms with Crippen LogP contribution in [0.4, 0.5) is 0 Å². The van der Waals surface area contributed by atoms with Crippen molar-refractivity contribution in [3.05, 3.63) is 82.9 Å². The molecule has 2 aliphatic rings. The zero-order valence-electron chi connectivity index (χ0n) is 29.5. The molecule has 1 aromatic heterocycles. The quantitative estimate of drug-likeness (QED) is 0.145. The molecule has 1 aliphatic carbocycles. The zero-order valence-corrected chi connectivity index (χ0v) is 29.5. The van der Waals surface area contributed by atoms with E-state index < -0.39 is 53.9 Å². The minimum Gasteiger partial charge on any atom is -0.370 e. The summed E-state index contributed by atoms with van der Waals surface area (Å²) in [5.41, 5.74) is 6.59. The van der Waals surface area contributed by atoms with Gasteiger partial charge in [0, 0.05) is 24.0 Å². The molecule has 13 heteroatoms. The average molecular weight is 700 g/mol. The first-order valence-corrected chi connectivity index (χ1v) is 17.7. The molecule has 4 amide bonds. The number of hydrogen-bond acceptors (Lipinski definition) is 9. The van der Waals surface area contributed by atoms with Crippen LogP contribution < -0.4 is 21.7 Å². The lowest BCUT2D eigenvalue weighted by Crippen LogP contribution is -2.61. The minimum absolute atomic E-state index is 0.0638. The van der Waals surface area contributed by atoms with Gasteiger partial charge in [-0.3, -0.25) is 24.1 Å². The Morgan fingerprint density at radius 2 is 1.67 bits per heavy atom. The average Bonchev–Trinajstić information content (AvgIpc) is 3.09. The number of piperidine rings is 1. The van der Waals surface area contributed by atoms with Crippen LogP contribution in [0, 0.1) is 16.7 Å². The smallest absolute Gasteiger partial charge is 0.270 e. The van der Waals surface area contributed by atoms with Gasteiger partial charge in [0.2, 0.25) is 17.7 Å². The minimum atomic E-state index is -1.35. The van der Waals surface area contributed by atoms with Gasteiger partial charge in [-0.2, -0.15) is 0 Å². The van der Waals surface area contributed by atoms with Crippen molar-refractivity contribution in [1.82, 2.24) is 25.8 Å². The van der Waals surface area contributed by atoms with E-state index in [2.05, 4.69) is 31.2 Å². The number of likely N-dealkylation sites (tertiary alicyclic amines) is 1. The van der Waals surface area contributed by atoms with Crippen molar-refractivity contribution >= 4 is 34.5 Å². The van der Waals surface area contributed by atoms with Gasteiger partial charge in [0.25, 0.3) is 5.91 Å². The van der Waals surface area contributed by atoms with Crippen molar-refractivity contribution in [3.63, 3.8) is 0 Å². The molecule has 1 saturated carbocycles. The molecule has 0 spiro atoms. The van der Waals surface area contributed by atoms with Crippen molar-refractivity contribution in [2.45, 2.75) is 95.5 Å². The Balaban J connectivity index is 1.40. The molecule has 51 heavy (non-hydrogen) atoms. The number of aromatic nitrogens is 1. The second-order valence-electron chi connectivity index (χ2n) is 14.9. The summed E-state index contributed by atoms with van der Waals surface area (Å²) in [4.78, 5) is 76.9. The van der Waals surface area contributed by atoms with Gasteiger partial charge in [-0.15, -0.1) is 4.91 Å². The number of para-hydroxylation sites is 1. The number of carbonyl (C=O) groups excluding carboxylic acids is 4. The maximum absolute atomic E-state index is 14.0. The Kier molecular flexibility index (Phi) is 12.4. The van der Waals surface area contributed by atoms with Gasteiger partial charge in [-0.1, -0.05) is 73.9 Å². The zero-order chi connectivity index (χ0) is 36.5. The molecule has 6 atom stereocenters. The molecule has 5 rings (SSSR count). The second kappa shape index (κ2) is 16.9. The number of nitrogens with two attached hydrogens (primary N) is 1. The van der Waals surface area contributed by atoms with E-state index in [4.69, 9.17) is 10.6 Å². The number of benzene rings is 2. The maximum Gasteiger partial charge on any atom is 0.270 e. The lowest BCUT2D eigenvalue weighted by molar-refractivity contribution is -0.134. The lowest BCUT2D eigenvalue weighted by atomic mass is 9.72. The van der Waals surface area contributed by atoms with Gasteiger partial charge < -0.3 is 26.5 Å². The van der Waals surface area contributed by atoms with Crippen LogP contribution in [0.3, 0.4) is 0 Å². The summed E-state index contributed by atoms with van der Waals surface area (Å²) in [5, 5.41) is 12.3. The number of nitrogens with one attached hydrogen (secondary N) is 3. The highest BCUT2D eigenvalue weighted by molar-refractivity contribution is 5.99. The van der Waals surface area contributed by atoms with Crippen LogP contribution in [-0.2, 0) is 25.6 Å². The highest BCUT2D eigenvalue weighted by Crippen LogP contribution is 2.39. The van der Waals surface area contributed by atoms with Crippen LogP contribution in [0.2, 0.25) is 0 Å². The maximum atomic E-state index is 14.0. The molecule has 0 bridgehead atoms. The van der Waals surface area contributed by atoms with Crippen molar-refractivity contribution in [2.24, 2.45) is 22.9 Å². The molecule has 4 unspecified atom stereocenters. The monoisotopic (exact) mass is 699 g/mol. The lowest BCUT2D eigenvalue weighted by Gasteiger charge is -2.47. The number of pyridine rings is 1. The summed E-state index contributed by atoms with van der Waals surface area (Å²) >= 11 is 0. The molecule has 2 aromatic carbocycles. The third kappa shape index (κ3) is 10.3. The molecular weight excluding hydrogens is 650 g/mol. The van der Waals surface area contributed by atoms with Crippen LogP contribution >= 0.6 is 0 Å². The van der Waals surface area contributed by atoms with E-state index in [1.54, 1.807) is 18.2 Å². The first-order valence-electron chi connectivity index (χ1n) is 17.7. The standard InChI is InChI=1S/C38H49N7O6/c1-38(2,3)43-37(49)32-20-26-14-7-8-15-27(26)22-45(32)23-33(51-44-50)30(19-24-11-5-4-6-12-24)41-36(48)31(21-34(39)46)42-35(47)29-18-17-25-13-9-10-16-28(25)40-29/h4-6,9-13,16-18,26-27,30-33H,7-8,14-15,19-23H2,1-3H3,(H2,39,46)(H,41,48)(H,42,47)(H,43,49)/t26-,27+,30?,31?,32?,33?/m0/s1. The Hall–Kier alpha value is -4.91. The van der Waals surface area contributed by atoms with Crippen molar-refractivity contribution < 1.29 is 24.0 Å². The van der Waals surface area contributed by atoms with E-state index in [1.165, 1.54) is 6.07 Å². The SMILES string of the molecule is CC(C)(C)NC(=O)C1C[C@@H]2CCCC[C@@H]2CN1CC(ON=O)C(Cc1ccccc1)NC(=O)C(CC(N)=O)NC(=O)c1ccc2ccccc2n1. The predicted molar refractivity (Wildman–Crippen MR) is 193 cm³/mol.